The Labute approximate surface area is 73.6 Å². The lowest BCUT2D eigenvalue weighted by Gasteiger charge is -1.94. The lowest BCUT2D eigenvalue weighted by molar-refractivity contribution is 0.875. The van der Waals surface area contributed by atoms with Gasteiger partial charge >= 0.3 is 0 Å². The number of aryl methyl sites for hydroxylation is 1. The molecule has 1 aromatic heterocycles. The van der Waals surface area contributed by atoms with Gasteiger partial charge in [-0.05, 0) is 12.5 Å². The van der Waals surface area contributed by atoms with Gasteiger partial charge in [-0.3, -0.25) is 4.79 Å². The highest BCUT2D eigenvalue weighted by atomic mass is 16.1. The van der Waals surface area contributed by atoms with E-state index in [2.05, 4.69) is 11.9 Å². The Morgan fingerprint density at radius 3 is 2.50 bits per heavy atom. The van der Waals surface area contributed by atoms with Gasteiger partial charge in [0.05, 0.1) is 0 Å². The maximum Gasteiger partial charge on any atom is 0.248 e. The van der Waals surface area contributed by atoms with Gasteiger partial charge in [-0.2, -0.15) is 0 Å². The molecule has 2 nitrogen and oxygen atoms in total. The Bertz CT molecular complexity index is 252. The Kier molecular flexibility index (Phi) is 6.07. The topological polar surface area (TPSA) is 32.9 Å². The molecule has 0 radical (unpaired) electrons. The SMILES string of the molecule is CC.CCCc1cccc(=O)[nH]1. The van der Waals surface area contributed by atoms with Crippen LogP contribution in [0, 0.1) is 0 Å². The van der Waals surface area contributed by atoms with E-state index in [4.69, 9.17) is 0 Å². The summed E-state index contributed by atoms with van der Waals surface area (Å²) in [4.78, 5) is 13.5. The molecule has 0 amide bonds. The van der Waals surface area contributed by atoms with Crippen LogP contribution in [0.4, 0.5) is 0 Å². The zero-order chi connectivity index (χ0) is 9.40. The summed E-state index contributed by atoms with van der Waals surface area (Å²) in [6, 6.07) is 5.24. The highest BCUT2D eigenvalue weighted by Crippen LogP contribution is 1.93. The van der Waals surface area contributed by atoms with E-state index in [1.807, 2.05) is 19.9 Å². The quantitative estimate of drug-likeness (QED) is 0.720. The summed E-state index contributed by atoms with van der Waals surface area (Å²) >= 11 is 0. The molecule has 1 heterocycles. The van der Waals surface area contributed by atoms with E-state index in [0.717, 1.165) is 18.5 Å². The Morgan fingerprint density at radius 2 is 2.00 bits per heavy atom. The number of pyridine rings is 1. The molecule has 68 valence electrons. The Morgan fingerprint density at radius 1 is 1.33 bits per heavy atom. The molecule has 12 heavy (non-hydrogen) atoms. The van der Waals surface area contributed by atoms with E-state index < -0.39 is 0 Å². The highest BCUT2D eigenvalue weighted by molar-refractivity contribution is 5.03. The summed E-state index contributed by atoms with van der Waals surface area (Å²) in [6.07, 6.45) is 2.02. The smallest absolute Gasteiger partial charge is 0.248 e. The van der Waals surface area contributed by atoms with Crippen molar-refractivity contribution in [1.29, 1.82) is 0 Å². The molecule has 1 N–H and O–H groups in total. The second-order valence-electron chi connectivity index (χ2n) is 2.29. The molecule has 0 saturated carbocycles. The van der Waals surface area contributed by atoms with Crippen molar-refractivity contribution in [2.45, 2.75) is 33.6 Å². The van der Waals surface area contributed by atoms with Crippen molar-refractivity contribution in [2.24, 2.45) is 0 Å². The van der Waals surface area contributed by atoms with Gasteiger partial charge in [-0.15, -0.1) is 0 Å². The van der Waals surface area contributed by atoms with Gasteiger partial charge in [0.1, 0.15) is 0 Å². The number of hydrogen-bond acceptors (Lipinski definition) is 1. The van der Waals surface area contributed by atoms with Crippen molar-refractivity contribution in [3.63, 3.8) is 0 Å². The third-order valence-electron chi connectivity index (χ3n) is 1.35. The second-order valence-corrected chi connectivity index (χ2v) is 2.29. The third kappa shape index (κ3) is 3.96. The largest absolute Gasteiger partial charge is 0.326 e. The van der Waals surface area contributed by atoms with Crippen LogP contribution in [-0.2, 0) is 6.42 Å². The van der Waals surface area contributed by atoms with Crippen LogP contribution in [0.15, 0.2) is 23.0 Å². The average molecular weight is 167 g/mol. The average Bonchev–Trinajstić information content (AvgIpc) is 2.09. The predicted molar refractivity (Wildman–Crippen MR) is 52.4 cm³/mol. The lowest BCUT2D eigenvalue weighted by atomic mass is 10.2. The standard InChI is InChI=1S/C8H11NO.C2H6/c1-2-4-7-5-3-6-8(10)9-7;1-2/h3,5-6H,2,4H2,1H3,(H,9,10);1-2H3. The summed E-state index contributed by atoms with van der Waals surface area (Å²) in [6.45, 7) is 6.09. The molecule has 1 aromatic rings. The molecule has 0 fully saturated rings. The third-order valence-corrected chi connectivity index (χ3v) is 1.35. The van der Waals surface area contributed by atoms with E-state index in [0.29, 0.717) is 0 Å². The Balaban J connectivity index is 0.000000561. The minimum atomic E-state index is -0.00838. The van der Waals surface area contributed by atoms with Crippen molar-refractivity contribution in [1.82, 2.24) is 4.98 Å². The highest BCUT2D eigenvalue weighted by Gasteiger charge is 1.88. The van der Waals surface area contributed by atoms with Gasteiger partial charge in [-0.25, -0.2) is 0 Å². The van der Waals surface area contributed by atoms with E-state index in [-0.39, 0.29) is 5.56 Å². The number of H-pyrrole nitrogens is 1. The fourth-order valence-corrected chi connectivity index (χ4v) is 0.908. The monoisotopic (exact) mass is 167 g/mol. The van der Waals surface area contributed by atoms with Gasteiger partial charge < -0.3 is 4.98 Å². The molecule has 0 saturated heterocycles. The first kappa shape index (κ1) is 11.0. The van der Waals surface area contributed by atoms with E-state index in [1.54, 1.807) is 6.07 Å². The fourth-order valence-electron chi connectivity index (χ4n) is 0.908. The summed E-state index contributed by atoms with van der Waals surface area (Å²) in [5, 5.41) is 0. The van der Waals surface area contributed by atoms with Crippen molar-refractivity contribution in [3.05, 3.63) is 34.2 Å². The normalized spacial score (nSPS) is 8.58. The number of rotatable bonds is 2. The van der Waals surface area contributed by atoms with Crippen LogP contribution in [-0.4, -0.2) is 4.98 Å². The predicted octanol–water partition coefficient (Wildman–Crippen LogP) is 2.35. The van der Waals surface area contributed by atoms with Gasteiger partial charge in [-0.1, -0.05) is 33.3 Å². The summed E-state index contributed by atoms with van der Waals surface area (Å²) in [5.74, 6) is 0. The van der Waals surface area contributed by atoms with Gasteiger partial charge in [0.25, 0.3) is 0 Å². The molecule has 0 bridgehead atoms. The van der Waals surface area contributed by atoms with Crippen molar-refractivity contribution in [2.75, 3.05) is 0 Å². The van der Waals surface area contributed by atoms with Crippen LogP contribution >= 0.6 is 0 Å². The summed E-state index contributed by atoms with van der Waals surface area (Å²) in [7, 11) is 0. The molecule has 0 aliphatic heterocycles. The van der Waals surface area contributed by atoms with E-state index in [9.17, 15) is 4.79 Å². The van der Waals surface area contributed by atoms with Crippen LogP contribution < -0.4 is 5.56 Å². The van der Waals surface area contributed by atoms with Gasteiger partial charge in [0.15, 0.2) is 0 Å². The molecule has 0 unspecified atom stereocenters. The number of nitrogens with one attached hydrogen (secondary N) is 1. The van der Waals surface area contributed by atoms with Crippen molar-refractivity contribution in [3.8, 4) is 0 Å². The number of aromatic nitrogens is 1. The first-order valence-corrected chi connectivity index (χ1v) is 4.51. The van der Waals surface area contributed by atoms with Crippen LogP contribution in [0.5, 0.6) is 0 Å². The molecule has 0 aliphatic carbocycles. The zero-order valence-electron chi connectivity index (χ0n) is 8.05. The van der Waals surface area contributed by atoms with E-state index in [1.165, 1.54) is 6.07 Å². The molecule has 0 spiro atoms. The molecule has 1 rings (SSSR count). The van der Waals surface area contributed by atoms with Gasteiger partial charge in [0, 0.05) is 11.8 Å². The summed E-state index contributed by atoms with van der Waals surface area (Å²) in [5.41, 5.74) is 1.01. The van der Waals surface area contributed by atoms with Crippen molar-refractivity contribution < 1.29 is 0 Å². The van der Waals surface area contributed by atoms with Crippen LogP contribution in [0.1, 0.15) is 32.9 Å². The van der Waals surface area contributed by atoms with Crippen LogP contribution in [0.2, 0.25) is 0 Å². The Hall–Kier alpha value is -1.05. The molecule has 2 heteroatoms. The fraction of sp³-hybridized carbons (Fsp3) is 0.500. The van der Waals surface area contributed by atoms with Crippen molar-refractivity contribution >= 4 is 0 Å². The molecular weight excluding hydrogens is 150 g/mol. The first-order chi connectivity index (χ1) is 5.83. The maximum absolute atomic E-state index is 10.7. The number of hydrogen-bond donors (Lipinski definition) is 1. The second kappa shape index (κ2) is 6.65. The number of aromatic amines is 1. The van der Waals surface area contributed by atoms with Gasteiger partial charge in [0.2, 0.25) is 5.56 Å². The maximum atomic E-state index is 10.7. The minimum absolute atomic E-state index is 0.00838. The lowest BCUT2D eigenvalue weighted by Crippen LogP contribution is -2.05. The first-order valence-electron chi connectivity index (χ1n) is 4.51. The van der Waals surface area contributed by atoms with Crippen LogP contribution in [0.25, 0.3) is 0 Å². The minimum Gasteiger partial charge on any atom is -0.326 e. The molecule has 0 aliphatic rings. The zero-order valence-corrected chi connectivity index (χ0v) is 8.05. The molecule has 0 aromatic carbocycles. The van der Waals surface area contributed by atoms with Crippen LogP contribution in [0.3, 0.4) is 0 Å². The molecule has 0 atom stereocenters. The van der Waals surface area contributed by atoms with E-state index >= 15 is 0 Å². The summed E-state index contributed by atoms with van der Waals surface area (Å²) < 4.78 is 0. The molecular formula is C10H17NO.